The molecule has 0 atom stereocenters. The van der Waals surface area contributed by atoms with Crippen LogP contribution in [0.25, 0.3) is 0 Å². The highest BCUT2D eigenvalue weighted by Gasteiger charge is 2.28. The van der Waals surface area contributed by atoms with Gasteiger partial charge in [0.15, 0.2) is 0 Å². The van der Waals surface area contributed by atoms with E-state index in [1.807, 2.05) is 0 Å². The van der Waals surface area contributed by atoms with Gasteiger partial charge >= 0.3 is 0 Å². The fourth-order valence-electron chi connectivity index (χ4n) is 2.52. The first kappa shape index (κ1) is 16.2. The Balaban J connectivity index is 2.81. The van der Waals surface area contributed by atoms with Gasteiger partial charge in [-0.2, -0.15) is 0 Å². The Labute approximate surface area is 119 Å². The summed E-state index contributed by atoms with van der Waals surface area (Å²) in [6.45, 7) is 14.7. The molecule has 0 radical (unpaired) electrons. The van der Waals surface area contributed by atoms with Crippen molar-refractivity contribution < 1.29 is 0 Å². The van der Waals surface area contributed by atoms with E-state index in [0.717, 1.165) is 6.54 Å². The molecule has 0 bridgehead atoms. The quantitative estimate of drug-likeness (QED) is 0.780. The summed E-state index contributed by atoms with van der Waals surface area (Å²) in [6.07, 6.45) is 3.62. The van der Waals surface area contributed by atoms with Gasteiger partial charge in [-0.15, -0.1) is 0 Å². The molecule has 0 amide bonds. The normalized spacial score (nSPS) is 12.7. The summed E-state index contributed by atoms with van der Waals surface area (Å²) in [5, 5.41) is 3.70. The van der Waals surface area contributed by atoms with E-state index in [-0.39, 0.29) is 5.54 Å². The molecule has 0 spiro atoms. The van der Waals surface area contributed by atoms with Gasteiger partial charge < -0.3 is 5.32 Å². The highest BCUT2D eigenvalue weighted by Crippen LogP contribution is 2.31. The Hall–Kier alpha value is -0.820. The second-order valence-electron chi connectivity index (χ2n) is 6.98. The Kier molecular flexibility index (Phi) is 5.61. The smallest absolute Gasteiger partial charge is 0.00967 e. The lowest BCUT2D eigenvalue weighted by molar-refractivity contribution is 0.220. The van der Waals surface area contributed by atoms with Gasteiger partial charge in [-0.3, -0.25) is 0 Å². The maximum absolute atomic E-state index is 3.70. The minimum absolute atomic E-state index is 0.197. The molecule has 1 nitrogen and oxygen atoms in total. The molecule has 1 N–H and O–H groups in total. The molecule has 1 heteroatoms. The van der Waals surface area contributed by atoms with Crippen molar-refractivity contribution >= 4 is 0 Å². The lowest BCUT2D eigenvalue weighted by atomic mass is 9.76. The van der Waals surface area contributed by atoms with E-state index in [2.05, 4.69) is 71.1 Å². The maximum Gasteiger partial charge on any atom is 0.00967 e. The van der Waals surface area contributed by atoms with Gasteiger partial charge in [0, 0.05) is 12.1 Å². The van der Waals surface area contributed by atoms with Gasteiger partial charge in [-0.25, -0.2) is 0 Å². The fraction of sp³-hybridized carbons (Fsp3) is 0.667. The summed E-state index contributed by atoms with van der Waals surface area (Å²) < 4.78 is 0. The molecule has 0 saturated heterocycles. The summed E-state index contributed by atoms with van der Waals surface area (Å²) >= 11 is 0. The van der Waals surface area contributed by atoms with Crippen molar-refractivity contribution in [1.82, 2.24) is 5.32 Å². The molecular weight excluding hydrogens is 230 g/mol. The van der Waals surface area contributed by atoms with Crippen LogP contribution in [0, 0.1) is 12.3 Å². The van der Waals surface area contributed by atoms with E-state index in [9.17, 15) is 0 Å². The van der Waals surface area contributed by atoms with Crippen molar-refractivity contribution in [3.63, 3.8) is 0 Å². The highest BCUT2D eigenvalue weighted by atomic mass is 15.0. The van der Waals surface area contributed by atoms with Gasteiger partial charge in [-0.05, 0) is 57.9 Å². The zero-order chi connectivity index (χ0) is 14.5. The monoisotopic (exact) mass is 261 g/mol. The molecule has 1 rings (SSSR count). The van der Waals surface area contributed by atoms with Crippen LogP contribution in [0.1, 0.15) is 58.6 Å². The van der Waals surface area contributed by atoms with Crippen LogP contribution in [-0.4, -0.2) is 12.1 Å². The second-order valence-corrected chi connectivity index (χ2v) is 6.98. The molecule has 0 saturated carbocycles. The topological polar surface area (TPSA) is 12.0 Å². The van der Waals surface area contributed by atoms with Crippen LogP contribution in [0.4, 0.5) is 0 Å². The second kappa shape index (κ2) is 6.56. The Morgan fingerprint density at radius 3 is 2.16 bits per heavy atom. The van der Waals surface area contributed by atoms with Gasteiger partial charge in [0.05, 0.1) is 0 Å². The first-order valence-corrected chi connectivity index (χ1v) is 7.61. The van der Waals surface area contributed by atoms with Crippen molar-refractivity contribution in [3.05, 3.63) is 35.4 Å². The zero-order valence-electron chi connectivity index (χ0n) is 13.6. The van der Waals surface area contributed by atoms with Crippen LogP contribution in [0.2, 0.25) is 0 Å². The van der Waals surface area contributed by atoms with E-state index in [4.69, 9.17) is 0 Å². The predicted molar refractivity (Wildman–Crippen MR) is 85.7 cm³/mol. The molecule has 0 heterocycles. The fourth-order valence-corrected chi connectivity index (χ4v) is 2.52. The highest BCUT2D eigenvalue weighted by molar-refractivity contribution is 5.23. The average Bonchev–Trinajstić information content (AvgIpc) is 2.34. The number of rotatable bonds is 6. The minimum atomic E-state index is 0.197. The number of benzene rings is 1. The lowest BCUT2D eigenvalue weighted by Gasteiger charge is -2.36. The first-order valence-electron chi connectivity index (χ1n) is 7.61. The number of hydrogen-bond donors (Lipinski definition) is 1. The third kappa shape index (κ3) is 5.36. The molecule has 0 aliphatic rings. The van der Waals surface area contributed by atoms with Crippen LogP contribution >= 0.6 is 0 Å². The number of nitrogens with one attached hydrogen (secondary N) is 1. The SMILES string of the molecule is CCC(CC)(CNC(C)(C)C)Cc1cccc(C)c1. The van der Waals surface area contributed by atoms with Gasteiger partial charge in [0.1, 0.15) is 0 Å². The Morgan fingerprint density at radius 1 is 1.05 bits per heavy atom. The van der Waals surface area contributed by atoms with E-state index in [0.29, 0.717) is 5.41 Å². The number of hydrogen-bond acceptors (Lipinski definition) is 1. The van der Waals surface area contributed by atoms with Crippen LogP contribution in [0.15, 0.2) is 24.3 Å². The molecular formula is C18H31N. The third-order valence-corrected chi connectivity index (χ3v) is 4.16. The van der Waals surface area contributed by atoms with Crippen LogP contribution < -0.4 is 5.32 Å². The van der Waals surface area contributed by atoms with Gasteiger partial charge in [0.2, 0.25) is 0 Å². The number of aryl methyl sites for hydroxylation is 1. The molecule has 0 fully saturated rings. The molecule has 108 valence electrons. The maximum atomic E-state index is 3.70. The summed E-state index contributed by atoms with van der Waals surface area (Å²) in [5.74, 6) is 0. The average molecular weight is 261 g/mol. The van der Waals surface area contributed by atoms with Crippen molar-refractivity contribution in [1.29, 1.82) is 0 Å². The van der Waals surface area contributed by atoms with E-state index >= 15 is 0 Å². The molecule has 0 aliphatic heterocycles. The van der Waals surface area contributed by atoms with Gasteiger partial charge in [-0.1, -0.05) is 43.7 Å². The minimum Gasteiger partial charge on any atom is -0.312 e. The van der Waals surface area contributed by atoms with Crippen molar-refractivity contribution in [2.24, 2.45) is 5.41 Å². The molecule has 1 aromatic rings. The van der Waals surface area contributed by atoms with E-state index in [1.165, 1.54) is 30.4 Å². The summed E-state index contributed by atoms with van der Waals surface area (Å²) in [4.78, 5) is 0. The summed E-state index contributed by atoms with van der Waals surface area (Å²) in [5.41, 5.74) is 3.41. The first-order chi connectivity index (χ1) is 8.80. The zero-order valence-corrected chi connectivity index (χ0v) is 13.6. The predicted octanol–water partition coefficient (Wildman–Crippen LogP) is 4.73. The van der Waals surface area contributed by atoms with Crippen molar-refractivity contribution in [2.75, 3.05) is 6.54 Å². The van der Waals surface area contributed by atoms with E-state index in [1.54, 1.807) is 0 Å². The van der Waals surface area contributed by atoms with Crippen LogP contribution in [0.5, 0.6) is 0 Å². The molecule has 0 unspecified atom stereocenters. The molecule has 19 heavy (non-hydrogen) atoms. The summed E-state index contributed by atoms with van der Waals surface area (Å²) in [6, 6.07) is 8.95. The summed E-state index contributed by atoms with van der Waals surface area (Å²) in [7, 11) is 0. The lowest BCUT2D eigenvalue weighted by Crippen LogP contribution is -2.44. The van der Waals surface area contributed by atoms with Crippen LogP contribution in [0.3, 0.4) is 0 Å². The van der Waals surface area contributed by atoms with Crippen LogP contribution in [-0.2, 0) is 6.42 Å². The van der Waals surface area contributed by atoms with E-state index < -0.39 is 0 Å². The standard InChI is InChI=1S/C18H31N/c1-7-18(8-2,14-19-17(4,5)6)13-16-11-9-10-15(3)12-16/h9-12,19H,7-8,13-14H2,1-6H3. The van der Waals surface area contributed by atoms with Crippen molar-refractivity contribution in [3.8, 4) is 0 Å². The molecule has 0 aliphatic carbocycles. The largest absolute Gasteiger partial charge is 0.312 e. The third-order valence-electron chi connectivity index (χ3n) is 4.16. The molecule has 1 aromatic carbocycles. The van der Waals surface area contributed by atoms with Gasteiger partial charge in [0.25, 0.3) is 0 Å². The Morgan fingerprint density at radius 2 is 1.68 bits per heavy atom. The molecule has 0 aromatic heterocycles. The van der Waals surface area contributed by atoms with Crippen molar-refractivity contribution in [2.45, 2.75) is 66.3 Å². The Bertz CT molecular complexity index is 383.